The van der Waals surface area contributed by atoms with E-state index >= 15 is 0 Å². The van der Waals surface area contributed by atoms with E-state index in [-0.39, 0.29) is 31.5 Å². The largest absolute Gasteiger partial charge is 0.454 e. The second kappa shape index (κ2) is 10.2. The summed E-state index contributed by atoms with van der Waals surface area (Å²) in [6, 6.07) is 20.0. The molecule has 3 heterocycles. The van der Waals surface area contributed by atoms with Crippen molar-refractivity contribution in [3.05, 3.63) is 83.2 Å². The molecule has 0 aromatic heterocycles. The Bertz CT molecular complexity index is 1530. The molecule has 1 atom stereocenters. The molecule has 10 heteroatoms. The third kappa shape index (κ3) is 4.69. The number of ether oxygens (including phenoxy) is 2. The fourth-order valence-corrected chi connectivity index (χ4v) is 5.45. The van der Waals surface area contributed by atoms with Gasteiger partial charge in [0.2, 0.25) is 6.79 Å². The molecule has 0 bridgehead atoms. The lowest BCUT2D eigenvalue weighted by molar-refractivity contribution is -0.136. The first kappa shape index (κ1) is 25.6. The molecule has 40 heavy (non-hydrogen) atoms. The highest BCUT2D eigenvalue weighted by molar-refractivity contribution is 6.14. The summed E-state index contributed by atoms with van der Waals surface area (Å²) in [6.07, 6.45) is 0.254. The molecule has 0 radical (unpaired) electrons. The lowest BCUT2D eigenvalue weighted by Gasteiger charge is -2.37. The number of amides is 1. The number of carbonyl (C=O) groups is 1. The van der Waals surface area contributed by atoms with Crippen molar-refractivity contribution in [2.24, 2.45) is 5.10 Å². The van der Waals surface area contributed by atoms with Gasteiger partial charge in [-0.2, -0.15) is 10.4 Å². The van der Waals surface area contributed by atoms with Crippen molar-refractivity contribution < 1.29 is 18.7 Å². The molecule has 0 spiro atoms. The van der Waals surface area contributed by atoms with Crippen LogP contribution < -0.4 is 20.1 Å². The SMILES string of the molecule is CC1(C#N)Cc2cc3c(cc2C(c2ccc(N)cc2)=NN1C(=O)CN1CCN(c2ccccc2F)CC1)OCO3. The van der Waals surface area contributed by atoms with Crippen molar-refractivity contribution in [2.45, 2.75) is 18.9 Å². The average Bonchev–Trinajstić information content (AvgIpc) is 3.37. The third-order valence-electron chi connectivity index (χ3n) is 7.64. The molecule has 3 aromatic rings. The van der Waals surface area contributed by atoms with Crippen LogP contribution in [0.15, 0.2) is 65.8 Å². The number of hydrogen-bond acceptors (Lipinski definition) is 8. The average molecular weight is 541 g/mol. The number of anilines is 2. The Hall–Kier alpha value is -4.62. The number of benzene rings is 3. The van der Waals surface area contributed by atoms with Gasteiger partial charge < -0.3 is 20.1 Å². The molecule has 2 N–H and O–H groups in total. The molecule has 9 nitrogen and oxygen atoms in total. The van der Waals surface area contributed by atoms with Crippen molar-refractivity contribution in [1.82, 2.24) is 9.91 Å². The monoisotopic (exact) mass is 540 g/mol. The number of carbonyl (C=O) groups excluding carboxylic acids is 1. The van der Waals surface area contributed by atoms with Crippen LogP contribution in [0.2, 0.25) is 0 Å². The molecule has 0 aliphatic carbocycles. The minimum atomic E-state index is -1.25. The zero-order chi connectivity index (χ0) is 27.9. The number of fused-ring (bicyclic) bond motifs is 2. The van der Waals surface area contributed by atoms with E-state index in [1.807, 2.05) is 40.1 Å². The number of para-hydroxylation sites is 1. The maximum absolute atomic E-state index is 14.3. The van der Waals surface area contributed by atoms with Gasteiger partial charge in [-0.05, 0) is 48.9 Å². The topological polar surface area (TPSA) is 107 Å². The fraction of sp³-hybridized carbons (Fsp3) is 0.300. The number of nitriles is 1. The molecule has 3 aliphatic rings. The first-order valence-electron chi connectivity index (χ1n) is 13.2. The van der Waals surface area contributed by atoms with E-state index in [4.69, 9.17) is 20.3 Å². The summed E-state index contributed by atoms with van der Waals surface area (Å²) in [7, 11) is 0. The lowest BCUT2D eigenvalue weighted by atomic mass is 9.88. The summed E-state index contributed by atoms with van der Waals surface area (Å²) in [5.41, 5.74) is 8.77. The highest BCUT2D eigenvalue weighted by atomic mass is 19.1. The van der Waals surface area contributed by atoms with Gasteiger partial charge in [-0.1, -0.05) is 24.3 Å². The lowest BCUT2D eigenvalue weighted by Crippen LogP contribution is -2.53. The first-order chi connectivity index (χ1) is 19.3. The summed E-state index contributed by atoms with van der Waals surface area (Å²) >= 11 is 0. The fourth-order valence-electron chi connectivity index (χ4n) is 5.45. The maximum Gasteiger partial charge on any atom is 0.258 e. The second-order valence-corrected chi connectivity index (χ2v) is 10.4. The van der Waals surface area contributed by atoms with Gasteiger partial charge in [-0.3, -0.25) is 9.69 Å². The smallest absolute Gasteiger partial charge is 0.258 e. The van der Waals surface area contributed by atoms with Gasteiger partial charge in [-0.25, -0.2) is 9.40 Å². The van der Waals surface area contributed by atoms with Crippen molar-refractivity contribution in [3.8, 4) is 17.6 Å². The van der Waals surface area contributed by atoms with Gasteiger partial charge in [0.05, 0.1) is 24.0 Å². The normalized spacial score (nSPS) is 20.4. The Morgan fingerprint density at radius 1 is 1.07 bits per heavy atom. The van der Waals surface area contributed by atoms with Crippen molar-refractivity contribution in [2.75, 3.05) is 50.2 Å². The third-order valence-corrected chi connectivity index (χ3v) is 7.64. The van der Waals surface area contributed by atoms with Gasteiger partial charge in [-0.15, -0.1) is 0 Å². The van der Waals surface area contributed by atoms with E-state index in [9.17, 15) is 14.4 Å². The number of nitrogen functional groups attached to an aromatic ring is 1. The van der Waals surface area contributed by atoms with Gasteiger partial charge >= 0.3 is 0 Å². The highest BCUT2D eigenvalue weighted by Gasteiger charge is 2.41. The number of piperazine rings is 1. The molecule has 1 unspecified atom stereocenters. The zero-order valence-electron chi connectivity index (χ0n) is 22.1. The predicted octanol–water partition coefficient (Wildman–Crippen LogP) is 3.38. The van der Waals surface area contributed by atoms with Crippen LogP contribution >= 0.6 is 0 Å². The number of hydrazone groups is 1. The van der Waals surface area contributed by atoms with Crippen LogP contribution in [0.5, 0.6) is 11.5 Å². The number of hydrogen-bond donors (Lipinski definition) is 1. The van der Waals surface area contributed by atoms with Crippen LogP contribution in [0.25, 0.3) is 0 Å². The number of rotatable bonds is 4. The van der Waals surface area contributed by atoms with Crippen molar-refractivity contribution in [1.29, 1.82) is 5.26 Å². The van der Waals surface area contributed by atoms with Crippen LogP contribution in [0.4, 0.5) is 15.8 Å². The molecule has 6 rings (SSSR count). The van der Waals surface area contributed by atoms with Gasteiger partial charge in [0.25, 0.3) is 5.91 Å². The minimum absolute atomic E-state index is 0.0833. The van der Waals surface area contributed by atoms with Crippen LogP contribution in [0, 0.1) is 17.1 Å². The predicted molar refractivity (Wildman–Crippen MR) is 149 cm³/mol. The van der Waals surface area contributed by atoms with Gasteiger partial charge in [0, 0.05) is 49.4 Å². The van der Waals surface area contributed by atoms with E-state index in [2.05, 4.69) is 6.07 Å². The zero-order valence-corrected chi connectivity index (χ0v) is 22.1. The molecule has 204 valence electrons. The first-order valence-corrected chi connectivity index (χ1v) is 13.2. The Morgan fingerprint density at radius 2 is 1.77 bits per heavy atom. The number of nitrogens with zero attached hydrogens (tertiary/aromatic N) is 5. The van der Waals surface area contributed by atoms with Crippen LogP contribution in [-0.2, 0) is 11.2 Å². The molecule has 1 amide bonds. The summed E-state index contributed by atoms with van der Waals surface area (Å²) in [4.78, 5) is 17.9. The van der Waals surface area contributed by atoms with Crippen LogP contribution in [-0.4, -0.2) is 66.6 Å². The van der Waals surface area contributed by atoms with Crippen molar-refractivity contribution >= 4 is 23.0 Å². The van der Waals surface area contributed by atoms with E-state index in [0.29, 0.717) is 54.8 Å². The van der Waals surface area contributed by atoms with Gasteiger partial charge in [0.1, 0.15) is 5.82 Å². The van der Waals surface area contributed by atoms with E-state index in [1.54, 1.807) is 31.2 Å². The van der Waals surface area contributed by atoms with Gasteiger partial charge in [0.15, 0.2) is 17.0 Å². The number of halogens is 1. The maximum atomic E-state index is 14.3. The quantitative estimate of drug-likeness (QED) is 0.506. The molecule has 3 aliphatic heterocycles. The van der Waals surface area contributed by atoms with E-state index in [0.717, 1.165) is 16.7 Å². The van der Waals surface area contributed by atoms with E-state index < -0.39 is 5.54 Å². The Balaban J connectivity index is 1.30. The summed E-state index contributed by atoms with van der Waals surface area (Å²) in [5, 5.41) is 16.5. The molecule has 1 saturated heterocycles. The van der Waals surface area contributed by atoms with E-state index in [1.165, 1.54) is 11.1 Å². The van der Waals surface area contributed by atoms with Crippen molar-refractivity contribution in [3.63, 3.8) is 0 Å². The van der Waals surface area contributed by atoms with Crippen LogP contribution in [0.1, 0.15) is 23.6 Å². The highest BCUT2D eigenvalue weighted by Crippen LogP contribution is 2.39. The summed E-state index contributed by atoms with van der Waals surface area (Å²) < 4.78 is 25.5. The standard InChI is InChI=1S/C30H29FN6O3/c1-30(18-32)16-21-14-26-27(40-19-39-26)15-23(21)29(20-6-8-22(33)9-7-20)34-37(30)28(38)17-35-10-12-36(13-11-35)25-5-3-2-4-24(25)31/h2-9,14-15H,10-13,16-17,19,33H2,1H3. The summed E-state index contributed by atoms with van der Waals surface area (Å²) in [6.45, 7) is 4.25. The molecule has 3 aromatic carbocycles. The second-order valence-electron chi connectivity index (χ2n) is 10.4. The Kier molecular flexibility index (Phi) is 6.52. The molecule has 1 fully saturated rings. The Morgan fingerprint density at radius 3 is 2.48 bits per heavy atom. The Labute approximate surface area is 231 Å². The summed E-state index contributed by atoms with van der Waals surface area (Å²) in [5.74, 6) is 0.646. The molecular weight excluding hydrogens is 511 g/mol. The molecular formula is C30H29FN6O3. The van der Waals surface area contributed by atoms with Crippen LogP contribution in [0.3, 0.4) is 0 Å². The molecule has 0 saturated carbocycles. The number of nitrogens with two attached hydrogens (primary N) is 1. The minimum Gasteiger partial charge on any atom is -0.454 e.